The molecule has 0 aliphatic carbocycles. The van der Waals surface area contributed by atoms with E-state index in [1.807, 2.05) is 12.1 Å². The summed E-state index contributed by atoms with van der Waals surface area (Å²) in [5.74, 6) is 0.718. The number of ether oxygens (including phenoxy) is 2. The van der Waals surface area contributed by atoms with Crippen molar-refractivity contribution in [3.63, 3.8) is 0 Å². The number of fused-ring (bicyclic) bond motifs is 1. The Morgan fingerprint density at radius 3 is 2.84 bits per heavy atom. The first-order valence-corrected chi connectivity index (χ1v) is 6.58. The summed E-state index contributed by atoms with van der Waals surface area (Å²) in [5.41, 5.74) is 0.209. The van der Waals surface area contributed by atoms with Crippen molar-refractivity contribution >= 4 is 11.0 Å². The quantitative estimate of drug-likeness (QED) is 0.612. The Morgan fingerprint density at radius 2 is 2.05 bits per heavy atom. The van der Waals surface area contributed by atoms with Crippen LogP contribution in [0.25, 0.3) is 11.0 Å². The highest BCUT2D eigenvalue weighted by Crippen LogP contribution is 2.28. The monoisotopic (exact) mass is 260 g/mol. The van der Waals surface area contributed by atoms with Crippen LogP contribution < -0.4 is 10.4 Å². The molecule has 0 unspecified atom stereocenters. The third kappa shape index (κ3) is 2.79. The zero-order valence-corrected chi connectivity index (χ0v) is 10.8. The molecule has 1 aromatic carbocycles. The summed E-state index contributed by atoms with van der Waals surface area (Å²) in [6.45, 7) is 2.74. The van der Waals surface area contributed by atoms with Gasteiger partial charge in [-0.1, -0.05) is 6.92 Å². The van der Waals surface area contributed by atoms with Gasteiger partial charge in [0.25, 0.3) is 0 Å². The van der Waals surface area contributed by atoms with Crippen molar-refractivity contribution in [1.82, 2.24) is 0 Å². The summed E-state index contributed by atoms with van der Waals surface area (Å²) in [7, 11) is 0. The number of hydrogen-bond donors (Lipinski definition) is 0. The molecule has 19 heavy (non-hydrogen) atoms. The third-order valence-corrected chi connectivity index (χ3v) is 3.36. The van der Waals surface area contributed by atoms with Crippen molar-refractivity contribution in [2.24, 2.45) is 0 Å². The van der Waals surface area contributed by atoms with Crippen molar-refractivity contribution in [3.8, 4) is 5.75 Å². The van der Waals surface area contributed by atoms with E-state index in [0.717, 1.165) is 24.0 Å². The van der Waals surface area contributed by atoms with Crippen LogP contribution in [0.5, 0.6) is 5.75 Å². The van der Waals surface area contributed by atoms with Crippen LogP contribution in [0, 0.1) is 0 Å². The lowest BCUT2D eigenvalue weighted by molar-refractivity contribution is 0.280. The van der Waals surface area contributed by atoms with E-state index in [-0.39, 0.29) is 5.63 Å². The summed E-state index contributed by atoms with van der Waals surface area (Å²) < 4.78 is 16.2. The molecule has 2 atom stereocenters. The lowest BCUT2D eigenvalue weighted by Gasteiger charge is -2.05. The van der Waals surface area contributed by atoms with E-state index < -0.39 is 0 Å². The van der Waals surface area contributed by atoms with Crippen LogP contribution in [-0.4, -0.2) is 18.8 Å². The van der Waals surface area contributed by atoms with Crippen LogP contribution in [0.15, 0.2) is 39.5 Å². The van der Waals surface area contributed by atoms with Gasteiger partial charge in [-0.15, -0.1) is 0 Å². The molecule has 0 saturated carbocycles. The number of rotatable bonds is 5. The van der Waals surface area contributed by atoms with Gasteiger partial charge in [-0.3, -0.25) is 0 Å². The average Bonchev–Trinajstić information content (AvgIpc) is 3.17. The van der Waals surface area contributed by atoms with E-state index in [9.17, 15) is 4.79 Å². The van der Waals surface area contributed by atoms with E-state index in [2.05, 4.69) is 6.92 Å². The highest BCUT2D eigenvalue weighted by atomic mass is 16.6. The Bertz CT molecular complexity index is 631. The Hall–Kier alpha value is -1.81. The van der Waals surface area contributed by atoms with E-state index in [0.29, 0.717) is 24.4 Å². The summed E-state index contributed by atoms with van der Waals surface area (Å²) in [6.07, 6.45) is 2.72. The largest absolute Gasteiger partial charge is 0.493 e. The van der Waals surface area contributed by atoms with Crippen LogP contribution >= 0.6 is 0 Å². The molecule has 0 radical (unpaired) electrons. The van der Waals surface area contributed by atoms with Gasteiger partial charge in [0.2, 0.25) is 0 Å². The molecule has 0 N–H and O–H groups in total. The highest BCUT2D eigenvalue weighted by Gasteiger charge is 2.36. The topological polar surface area (TPSA) is 52.0 Å². The van der Waals surface area contributed by atoms with Gasteiger partial charge in [-0.05, 0) is 24.6 Å². The number of benzene rings is 1. The molecule has 3 rings (SSSR count). The van der Waals surface area contributed by atoms with Crippen molar-refractivity contribution in [2.75, 3.05) is 6.61 Å². The maximum atomic E-state index is 11.2. The smallest absolute Gasteiger partial charge is 0.336 e. The minimum absolute atomic E-state index is 0.346. The standard InChI is InChI=1S/C15H16O4/c1-2-12-13(18-12)7-8-17-11-5-3-10-4-6-15(16)19-14(10)9-11/h3-6,9,12-13H,2,7-8H2,1H3/t12-,13+/m1/s1. The molecule has 1 saturated heterocycles. The zero-order chi connectivity index (χ0) is 13.2. The van der Waals surface area contributed by atoms with Crippen molar-refractivity contribution in [3.05, 3.63) is 40.8 Å². The molecule has 0 amide bonds. The summed E-state index contributed by atoms with van der Waals surface area (Å²) in [5, 5.41) is 0.892. The van der Waals surface area contributed by atoms with Gasteiger partial charge in [0.1, 0.15) is 11.3 Å². The molecule has 100 valence electrons. The molecule has 2 heterocycles. The zero-order valence-electron chi connectivity index (χ0n) is 10.8. The lowest BCUT2D eigenvalue weighted by Crippen LogP contribution is -2.03. The van der Waals surface area contributed by atoms with E-state index in [1.54, 1.807) is 12.1 Å². The summed E-state index contributed by atoms with van der Waals surface area (Å²) in [6, 6.07) is 8.68. The third-order valence-electron chi connectivity index (χ3n) is 3.36. The summed E-state index contributed by atoms with van der Waals surface area (Å²) in [4.78, 5) is 11.2. The van der Waals surface area contributed by atoms with Gasteiger partial charge in [0.05, 0.1) is 18.8 Å². The molecular formula is C15H16O4. The SMILES string of the molecule is CC[C@H]1O[C@H]1CCOc1ccc2ccc(=O)oc2c1. The fourth-order valence-electron chi connectivity index (χ4n) is 2.22. The Labute approximate surface area is 110 Å². The maximum absolute atomic E-state index is 11.2. The van der Waals surface area contributed by atoms with Crippen LogP contribution in [0.3, 0.4) is 0 Å². The van der Waals surface area contributed by atoms with Gasteiger partial charge >= 0.3 is 5.63 Å². The molecule has 1 aromatic heterocycles. The molecule has 0 bridgehead atoms. The molecule has 1 fully saturated rings. The molecule has 2 aromatic rings. The highest BCUT2D eigenvalue weighted by molar-refractivity contribution is 5.77. The first-order valence-electron chi connectivity index (χ1n) is 6.58. The van der Waals surface area contributed by atoms with Crippen LogP contribution in [0.4, 0.5) is 0 Å². The average molecular weight is 260 g/mol. The number of epoxide rings is 1. The van der Waals surface area contributed by atoms with Gasteiger partial charge in [-0.2, -0.15) is 0 Å². The van der Waals surface area contributed by atoms with Gasteiger partial charge in [-0.25, -0.2) is 4.79 Å². The maximum Gasteiger partial charge on any atom is 0.336 e. The normalized spacial score (nSPS) is 21.5. The molecule has 4 nitrogen and oxygen atoms in total. The lowest BCUT2D eigenvalue weighted by atomic mass is 10.2. The van der Waals surface area contributed by atoms with E-state index in [4.69, 9.17) is 13.9 Å². The Morgan fingerprint density at radius 1 is 1.21 bits per heavy atom. The second-order valence-electron chi connectivity index (χ2n) is 4.71. The van der Waals surface area contributed by atoms with Crippen molar-refractivity contribution in [2.45, 2.75) is 32.0 Å². The molecule has 1 aliphatic heterocycles. The van der Waals surface area contributed by atoms with E-state index >= 15 is 0 Å². The van der Waals surface area contributed by atoms with Gasteiger partial charge < -0.3 is 13.9 Å². The number of hydrogen-bond acceptors (Lipinski definition) is 4. The fraction of sp³-hybridized carbons (Fsp3) is 0.400. The Balaban J connectivity index is 1.63. The predicted octanol–water partition coefficient (Wildman–Crippen LogP) is 2.74. The fourth-order valence-corrected chi connectivity index (χ4v) is 2.22. The second kappa shape index (κ2) is 5.05. The predicted molar refractivity (Wildman–Crippen MR) is 71.5 cm³/mol. The molecule has 1 aliphatic rings. The molecular weight excluding hydrogens is 244 g/mol. The minimum Gasteiger partial charge on any atom is -0.493 e. The van der Waals surface area contributed by atoms with Crippen LogP contribution in [0.1, 0.15) is 19.8 Å². The first-order chi connectivity index (χ1) is 9.26. The van der Waals surface area contributed by atoms with Crippen LogP contribution in [-0.2, 0) is 4.74 Å². The van der Waals surface area contributed by atoms with Crippen LogP contribution in [0.2, 0.25) is 0 Å². The van der Waals surface area contributed by atoms with Gasteiger partial charge in [0.15, 0.2) is 0 Å². The minimum atomic E-state index is -0.346. The van der Waals surface area contributed by atoms with Crippen molar-refractivity contribution in [1.29, 1.82) is 0 Å². The summed E-state index contributed by atoms with van der Waals surface area (Å²) >= 11 is 0. The Kier molecular flexibility index (Phi) is 3.25. The molecule has 0 spiro atoms. The first kappa shape index (κ1) is 12.2. The van der Waals surface area contributed by atoms with Crippen molar-refractivity contribution < 1.29 is 13.9 Å². The second-order valence-corrected chi connectivity index (χ2v) is 4.71. The van der Waals surface area contributed by atoms with E-state index in [1.165, 1.54) is 6.07 Å². The van der Waals surface area contributed by atoms with Gasteiger partial charge in [0, 0.05) is 23.9 Å². The molecule has 4 heteroatoms.